The maximum Gasteiger partial charge on any atom is 0.226 e. The van der Waals surface area contributed by atoms with Crippen LogP contribution in [0.3, 0.4) is 0 Å². The molecule has 4 heteroatoms. The number of nitrogens with zero attached hydrogens (tertiary/aromatic N) is 1. The molecule has 0 saturated heterocycles. The molecule has 1 amide bonds. The van der Waals surface area contributed by atoms with Crippen molar-refractivity contribution in [1.82, 2.24) is 10.3 Å². The highest BCUT2D eigenvalue weighted by Crippen LogP contribution is 2.02. The number of carbonyl (C=O) groups excluding carboxylic acids is 1. The van der Waals surface area contributed by atoms with Crippen molar-refractivity contribution in [2.75, 3.05) is 13.2 Å². The lowest BCUT2D eigenvalue weighted by molar-refractivity contribution is -0.120. The van der Waals surface area contributed by atoms with Crippen LogP contribution >= 0.6 is 0 Å². The molecule has 0 bridgehead atoms. The van der Waals surface area contributed by atoms with Crippen molar-refractivity contribution in [2.24, 2.45) is 5.92 Å². The van der Waals surface area contributed by atoms with Gasteiger partial charge in [0.05, 0.1) is 6.42 Å². The average molecular weight is 236 g/mol. The van der Waals surface area contributed by atoms with Crippen LogP contribution in [0.15, 0.2) is 24.4 Å². The number of carbonyl (C=O) groups is 1. The van der Waals surface area contributed by atoms with E-state index < -0.39 is 0 Å². The maximum atomic E-state index is 11.5. The summed E-state index contributed by atoms with van der Waals surface area (Å²) in [7, 11) is 0. The van der Waals surface area contributed by atoms with E-state index in [0.29, 0.717) is 18.9 Å². The summed E-state index contributed by atoms with van der Waals surface area (Å²) in [5, 5.41) is 11.7. The van der Waals surface area contributed by atoms with Crippen LogP contribution in [-0.2, 0) is 11.2 Å². The number of rotatable bonds is 7. The molecule has 0 aliphatic heterocycles. The van der Waals surface area contributed by atoms with Gasteiger partial charge in [0.2, 0.25) is 5.91 Å². The van der Waals surface area contributed by atoms with E-state index in [1.54, 1.807) is 6.20 Å². The number of aromatic nitrogens is 1. The van der Waals surface area contributed by atoms with E-state index in [2.05, 4.69) is 10.3 Å². The van der Waals surface area contributed by atoms with E-state index >= 15 is 0 Å². The average Bonchev–Trinajstić information content (AvgIpc) is 2.35. The van der Waals surface area contributed by atoms with Gasteiger partial charge in [0.15, 0.2) is 0 Å². The molecule has 0 radical (unpaired) electrons. The number of aliphatic hydroxyl groups excluding tert-OH is 1. The first kappa shape index (κ1) is 13.6. The van der Waals surface area contributed by atoms with Gasteiger partial charge in [-0.25, -0.2) is 0 Å². The van der Waals surface area contributed by atoms with Gasteiger partial charge >= 0.3 is 0 Å². The molecule has 0 saturated carbocycles. The minimum Gasteiger partial charge on any atom is -0.396 e. The van der Waals surface area contributed by atoms with Crippen LogP contribution in [0.5, 0.6) is 0 Å². The smallest absolute Gasteiger partial charge is 0.226 e. The van der Waals surface area contributed by atoms with E-state index in [-0.39, 0.29) is 12.5 Å². The number of hydrogen-bond donors (Lipinski definition) is 2. The summed E-state index contributed by atoms with van der Waals surface area (Å²) in [6.07, 6.45) is 3.85. The number of pyridine rings is 1. The molecule has 0 spiro atoms. The van der Waals surface area contributed by atoms with Crippen LogP contribution < -0.4 is 5.32 Å². The van der Waals surface area contributed by atoms with Gasteiger partial charge in [-0.05, 0) is 30.9 Å². The van der Waals surface area contributed by atoms with Crippen molar-refractivity contribution in [2.45, 2.75) is 26.2 Å². The van der Waals surface area contributed by atoms with Crippen LogP contribution in [0.2, 0.25) is 0 Å². The van der Waals surface area contributed by atoms with Crippen LogP contribution in [0, 0.1) is 5.92 Å². The standard InChI is InChI=1S/C13H20N2O2/c1-11(10-16)5-4-8-15-13(17)9-12-6-2-3-7-14-12/h2-3,6-7,11,16H,4-5,8-10H2,1H3,(H,15,17). The Morgan fingerprint density at radius 3 is 3.00 bits per heavy atom. The van der Waals surface area contributed by atoms with Gasteiger partial charge in [0, 0.05) is 25.0 Å². The summed E-state index contributed by atoms with van der Waals surface area (Å²) in [6, 6.07) is 5.55. The van der Waals surface area contributed by atoms with Crippen molar-refractivity contribution < 1.29 is 9.90 Å². The molecule has 2 N–H and O–H groups in total. The molecular formula is C13H20N2O2. The van der Waals surface area contributed by atoms with Gasteiger partial charge in [0.1, 0.15) is 0 Å². The lowest BCUT2D eigenvalue weighted by Crippen LogP contribution is -2.26. The molecule has 17 heavy (non-hydrogen) atoms. The number of aliphatic hydroxyl groups is 1. The van der Waals surface area contributed by atoms with Gasteiger partial charge in [-0.1, -0.05) is 13.0 Å². The second kappa shape index (κ2) is 7.79. The zero-order valence-electron chi connectivity index (χ0n) is 10.2. The predicted molar refractivity (Wildman–Crippen MR) is 66.4 cm³/mol. The lowest BCUT2D eigenvalue weighted by Gasteiger charge is -2.08. The fourth-order valence-electron chi connectivity index (χ4n) is 1.50. The molecule has 1 unspecified atom stereocenters. The minimum atomic E-state index is 0.000325. The molecule has 4 nitrogen and oxygen atoms in total. The van der Waals surface area contributed by atoms with Gasteiger partial charge < -0.3 is 10.4 Å². The first-order valence-electron chi connectivity index (χ1n) is 6.00. The molecule has 1 aromatic heterocycles. The summed E-state index contributed by atoms with van der Waals surface area (Å²) < 4.78 is 0. The molecular weight excluding hydrogens is 216 g/mol. The van der Waals surface area contributed by atoms with E-state index in [1.807, 2.05) is 25.1 Å². The predicted octanol–water partition coefficient (Wildman–Crippen LogP) is 1.15. The van der Waals surface area contributed by atoms with Gasteiger partial charge in [-0.2, -0.15) is 0 Å². The van der Waals surface area contributed by atoms with Crippen molar-refractivity contribution in [3.8, 4) is 0 Å². The number of amides is 1. The Labute approximate surface area is 102 Å². The summed E-state index contributed by atoms with van der Waals surface area (Å²) in [5.41, 5.74) is 0.786. The monoisotopic (exact) mass is 236 g/mol. The first-order valence-corrected chi connectivity index (χ1v) is 6.00. The summed E-state index contributed by atoms with van der Waals surface area (Å²) in [4.78, 5) is 15.6. The Bertz CT molecular complexity index is 327. The second-order valence-electron chi connectivity index (χ2n) is 4.28. The number of nitrogens with one attached hydrogen (secondary N) is 1. The van der Waals surface area contributed by atoms with Crippen LogP contribution in [0.25, 0.3) is 0 Å². The van der Waals surface area contributed by atoms with Gasteiger partial charge in [-0.3, -0.25) is 9.78 Å². The SMILES string of the molecule is CC(CO)CCCNC(=O)Cc1ccccn1. The highest BCUT2D eigenvalue weighted by Gasteiger charge is 2.04. The number of hydrogen-bond acceptors (Lipinski definition) is 3. The fourth-order valence-corrected chi connectivity index (χ4v) is 1.50. The normalized spacial score (nSPS) is 12.1. The van der Waals surface area contributed by atoms with Crippen molar-refractivity contribution in [3.05, 3.63) is 30.1 Å². The van der Waals surface area contributed by atoms with Crippen LogP contribution in [0.1, 0.15) is 25.5 Å². The Kier molecular flexibility index (Phi) is 6.25. The quantitative estimate of drug-likeness (QED) is 0.698. The Hall–Kier alpha value is -1.42. The lowest BCUT2D eigenvalue weighted by atomic mass is 10.1. The van der Waals surface area contributed by atoms with E-state index in [9.17, 15) is 4.79 Å². The molecule has 0 aromatic carbocycles. The highest BCUT2D eigenvalue weighted by atomic mass is 16.3. The maximum absolute atomic E-state index is 11.5. The second-order valence-corrected chi connectivity index (χ2v) is 4.28. The molecule has 1 rings (SSSR count). The summed E-state index contributed by atoms with van der Waals surface area (Å²) in [5.74, 6) is 0.308. The van der Waals surface area contributed by atoms with Gasteiger partial charge in [-0.15, -0.1) is 0 Å². The largest absolute Gasteiger partial charge is 0.396 e. The Balaban J connectivity index is 2.14. The van der Waals surface area contributed by atoms with E-state index in [1.165, 1.54) is 0 Å². The van der Waals surface area contributed by atoms with Gasteiger partial charge in [0.25, 0.3) is 0 Å². The molecule has 1 atom stereocenters. The molecule has 0 fully saturated rings. The molecule has 0 aliphatic rings. The minimum absolute atomic E-state index is 0.000325. The molecule has 0 aliphatic carbocycles. The van der Waals surface area contributed by atoms with Crippen LogP contribution in [0.4, 0.5) is 0 Å². The third-order valence-electron chi connectivity index (χ3n) is 2.58. The summed E-state index contributed by atoms with van der Waals surface area (Å²) in [6.45, 7) is 2.87. The zero-order valence-corrected chi connectivity index (χ0v) is 10.2. The molecule has 94 valence electrons. The summed E-state index contributed by atoms with van der Waals surface area (Å²) >= 11 is 0. The van der Waals surface area contributed by atoms with Crippen molar-refractivity contribution in [1.29, 1.82) is 0 Å². The molecule has 1 aromatic rings. The van der Waals surface area contributed by atoms with E-state index in [4.69, 9.17) is 5.11 Å². The Morgan fingerprint density at radius 1 is 1.53 bits per heavy atom. The van der Waals surface area contributed by atoms with Crippen molar-refractivity contribution >= 4 is 5.91 Å². The van der Waals surface area contributed by atoms with Crippen LogP contribution in [-0.4, -0.2) is 29.1 Å². The third-order valence-corrected chi connectivity index (χ3v) is 2.58. The Morgan fingerprint density at radius 2 is 2.35 bits per heavy atom. The first-order chi connectivity index (χ1) is 8.22. The topological polar surface area (TPSA) is 62.2 Å². The fraction of sp³-hybridized carbons (Fsp3) is 0.538. The third kappa shape index (κ3) is 6.02. The zero-order chi connectivity index (χ0) is 12.5. The van der Waals surface area contributed by atoms with E-state index in [0.717, 1.165) is 18.5 Å². The molecule has 1 heterocycles. The van der Waals surface area contributed by atoms with Crippen molar-refractivity contribution in [3.63, 3.8) is 0 Å². The highest BCUT2D eigenvalue weighted by molar-refractivity contribution is 5.77.